The van der Waals surface area contributed by atoms with E-state index in [1.54, 1.807) is 13.0 Å². The molecule has 1 aromatic heterocycles. The maximum Gasteiger partial charge on any atom is 0.344 e. The predicted molar refractivity (Wildman–Crippen MR) is 103 cm³/mol. The van der Waals surface area contributed by atoms with E-state index < -0.39 is 11.9 Å². The number of aromatic nitrogens is 1. The van der Waals surface area contributed by atoms with Gasteiger partial charge in [0.15, 0.2) is 13.2 Å². The van der Waals surface area contributed by atoms with Crippen molar-refractivity contribution < 1.29 is 23.6 Å². The molecule has 1 fully saturated rings. The van der Waals surface area contributed by atoms with Crippen molar-refractivity contribution in [2.75, 3.05) is 36.5 Å². The zero-order valence-electron chi connectivity index (χ0n) is 16.1. The van der Waals surface area contributed by atoms with E-state index in [0.717, 1.165) is 24.7 Å². The summed E-state index contributed by atoms with van der Waals surface area (Å²) in [5.74, 6) is 0.476. The third-order valence-corrected chi connectivity index (χ3v) is 4.61. The molecule has 8 heteroatoms. The fraction of sp³-hybridized carbons (Fsp3) is 0.450. The van der Waals surface area contributed by atoms with Crippen LogP contribution in [-0.4, -0.2) is 43.3 Å². The Labute approximate surface area is 163 Å². The summed E-state index contributed by atoms with van der Waals surface area (Å²) in [5.41, 5.74) is 1.81. The minimum atomic E-state index is -0.662. The second kappa shape index (κ2) is 9.25. The molecule has 1 aliphatic rings. The highest BCUT2D eigenvalue weighted by atomic mass is 16.6. The molecule has 0 atom stereocenters. The van der Waals surface area contributed by atoms with E-state index in [1.165, 1.54) is 12.8 Å². The minimum Gasteiger partial charge on any atom is -0.463 e. The van der Waals surface area contributed by atoms with Gasteiger partial charge >= 0.3 is 5.97 Å². The Morgan fingerprint density at radius 2 is 1.93 bits per heavy atom. The van der Waals surface area contributed by atoms with Crippen LogP contribution in [0.25, 0.3) is 0 Å². The summed E-state index contributed by atoms with van der Waals surface area (Å²) in [7, 11) is 0. The summed E-state index contributed by atoms with van der Waals surface area (Å²) >= 11 is 0. The lowest BCUT2D eigenvalue weighted by molar-refractivity contribution is -0.149. The normalized spacial score (nSPS) is 14.6. The van der Waals surface area contributed by atoms with E-state index in [9.17, 15) is 9.59 Å². The van der Waals surface area contributed by atoms with Crippen molar-refractivity contribution in [3.63, 3.8) is 0 Å². The molecule has 1 aliphatic heterocycles. The van der Waals surface area contributed by atoms with Crippen LogP contribution >= 0.6 is 0 Å². The molecule has 1 amide bonds. The number of carbonyl (C=O) groups is 2. The number of anilines is 2. The van der Waals surface area contributed by atoms with E-state index in [2.05, 4.69) is 22.3 Å². The summed E-state index contributed by atoms with van der Waals surface area (Å²) in [4.78, 5) is 25.9. The number of hydrogen-bond donors (Lipinski definition) is 1. The van der Waals surface area contributed by atoms with Crippen molar-refractivity contribution in [3.05, 3.63) is 36.1 Å². The molecule has 1 aromatic carbocycles. The quantitative estimate of drug-likeness (QED) is 0.730. The first-order chi connectivity index (χ1) is 13.5. The molecule has 1 N–H and O–H groups in total. The Balaban J connectivity index is 1.38. The topological polar surface area (TPSA) is 93.9 Å². The van der Waals surface area contributed by atoms with Crippen molar-refractivity contribution in [3.8, 4) is 5.88 Å². The second-order valence-electron chi connectivity index (χ2n) is 6.99. The zero-order chi connectivity index (χ0) is 19.9. The zero-order valence-corrected chi connectivity index (χ0v) is 16.1. The van der Waals surface area contributed by atoms with Gasteiger partial charge in [0.1, 0.15) is 5.76 Å². The molecule has 0 aliphatic carbocycles. The molecular weight excluding hydrogens is 362 g/mol. The monoisotopic (exact) mass is 387 g/mol. The molecule has 2 heterocycles. The van der Waals surface area contributed by atoms with Gasteiger partial charge in [0.2, 0.25) is 0 Å². The number of benzene rings is 1. The molecule has 0 unspecified atom stereocenters. The maximum atomic E-state index is 12.0. The van der Waals surface area contributed by atoms with E-state index in [4.69, 9.17) is 14.0 Å². The van der Waals surface area contributed by atoms with Crippen molar-refractivity contribution in [1.29, 1.82) is 0 Å². The van der Waals surface area contributed by atoms with E-state index in [1.807, 2.05) is 24.3 Å². The van der Waals surface area contributed by atoms with Gasteiger partial charge < -0.3 is 24.2 Å². The SMILES string of the molecule is Cc1cc(OCC(=O)OCC(=O)Nc2ccc(N3CCC(C)CC3)cc2)no1. The number of amides is 1. The fourth-order valence-corrected chi connectivity index (χ4v) is 2.95. The Morgan fingerprint density at radius 1 is 1.21 bits per heavy atom. The number of carbonyl (C=O) groups excluding carboxylic acids is 2. The second-order valence-corrected chi connectivity index (χ2v) is 6.99. The van der Waals surface area contributed by atoms with Crippen LogP contribution in [0.2, 0.25) is 0 Å². The lowest BCUT2D eigenvalue weighted by Gasteiger charge is -2.32. The standard InChI is InChI=1S/C20H25N3O5/c1-14-7-9-23(10-8-14)17-5-3-16(4-6-17)21-18(24)12-27-20(25)13-26-19-11-15(2)28-22-19/h3-6,11,14H,7-10,12-13H2,1-2H3,(H,21,24). The molecule has 0 spiro atoms. The summed E-state index contributed by atoms with van der Waals surface area (Å²) in [6, 6.07) is 9.23. The van der Waals surface area contributed by atoms with Gasteiger partial charge in [0.25, 0.3) is 11.8 Å². The Bertz CT molecular complexity index is 794. The van der Waals surface area contributed by atoms with Gasteiger partial charge in [-0.25, -0.2) is 4.79 Å². The fourth-order valence-electron chi connectivity index (χ4n) is 2.95. The first-order valence-corrected chi connectivity index (χ1v) is 9.36. The molecule has 0 saturated carbocycles. The minimum absolute atomic E-state index is 0.196. The van der Waals surface area contributed by atoms with Crippen LogP contribution in [-0.2, 0) is 14.3 Å². The van der Waals surface area contributed by atoms with Crippen molar-refractivity contribution in [1.82, 2.24) is 5.16 Å². The van der Waals surface area contributed by atoms with Crippen LogP contribution in [0.15, 0.2) is 34.9 Å². The van der Waals surface area contributed by atoms with Crippen molar-refractivity contribution >= 4 is 23.3 Å². The van der Waals surface area contributed by atoms with Crippen LogP contribution in [0.5, 0.6) is 5.88 Å². The smallest absolute Gasteiger partial charge is 0.344 e. The molecule has 0 radical (unpaired) electrons. The van der Waals surface area contributed by atoms with Crippen LogP contribution < -0.4 is 15.0 Å². The third-order valence-electron chi connectivity index (χ3n) is 4.61. The average molecular weight is 387 g/mol. The van der Waals surface area contributed by atoms with Gasteiger partial charge in [-0.3, -0.25) is 4.79 Å². The number of ether oxygens (including phenoxy) is 2. The summed E-state index contributed by atoms with van der Waals surface area (Å²) in [6.07, 6.45) is 2.40. The van der Waals surface area contributed by atoms with Crippen LogP contribution in [0.3, 0.4) is 0 Å². The van der Waals surface area contributed by atoms with Crippen LogP contribution in [0.1, 0.15) is 25.5 Å². The van der Waals surface area contributed by atoms with Gasteiger partial charge in [-0.05, 0) is 55.1 Å². The molecule has 3 rings (SSSR count). The van der Waals surface area contributed by atoms with Crippen LogP contribution in [0.4, 0.5) is 11.4 Å². The Morgan fingerprint density at radius 3 is 2.57 bits per heavy atom. The Hall–Kier alpha value is -3.03. The number of aryl methyl sites for hydroxylation is 1. The predicted octanol–water partition coefficient (Wildman–Crippen LogP) is 2.78. The van der Waals surface area contributed by atoms with Gasteiger partial charge in [0.05, 0.1) is 0 Å². The summed E-state index contributed by atoms with van der Waals surface area (Å²) < 4.78 is 14.8. The van der Waals surface area contributed by atoms with E-state index >= 15 is 0 Å². The van der Waals surface area contributed by atoms with Gasteiger partial charge in [-0.15, -0.1) is 0 Å². The Kier molecular flexibility index (Phi) is 6.52. The lowest BCUT2D eigenvalue weighted by atomic mass is 9.99. The van der Waals surface area contributed by atoms with Crippen molar-refractivity contribution in [2.24, 2.45) is 5.92 Å². The van der Waals surface area contributed by atoms with E-state index in [0.29, 0.717) is 11.4 Å². The number of rotatable bonds is 7. The van der Waals surface area contributed by atoms with Gasteiger partial charge in [-0.1, -0.05) is 6.92 Å². The highest BCUT2D eigenvalue weighted by molar-refractivity contribution is 5.93. The number of hydrogen-bond acceptors (Lipinski definition) is 7. The molecule has 28 heavy (non-hydrogen) atoms. The molecule has 1 saturated heterocycles. The third kappa shape index (κ3) is 5.73. The number of nitrogens with one attached hydrogen (secondary N) is 1. The van der Waals surface area contributed by atoms with E-state index in [-0.39, 0.29) is 19.1 Å². The molecule has 0 bridgehead atoms. The molecule has 8 nitrogen and oxygen atoms in total. The van der Waals surface area contributed by atoms with Crippen LogP contribution in [0, 0.1) is 12.8 Å². The number of nitrogens with zero attached hydrogens (tertiary/aromatic N) is 2. The van der Waals surface area contributed by atoms with Gasteiger partial charge in [0, 0.05) is 30.5 Å². The first kappa shape index (κ1) is 19.7. The largest absolute Gasteiger partial charge is 0.463 e. The first-order valence-electron chi connectivity index (χ1n) is 9.36. The summed E-state index contributed by atoms with van der Waals surface area (Å²) in [5, 5.41) is 6.30. The lowest BCUT2D eigenvalue weighted by Crippen LogP contribution is -2.32. The summed E-state index contributed by atoms with van der Waals surface area (Å²) in [6.45, 7) is 5.37. The maximum absolute atomic E-state index is 12.0. The average Bonchev–Trinajstić information content (AvgIpc) is 3.11. The molecule has 2 aromatic rings. The highest BCUT2D eigenvalue weighted by Crippen LogP contribution is 2.24. The van der Waals surface area contributed by atoms with Gasteiger partial charge in [-0.2, -0.15) is 0 Å². The number of piperidine rings is 1. The number of esters is 1. The molecular formula is C20H25N3O5. The highest BCUT2D eigenvalue weighted by Gasteiger charge is 2.16. The van der Waals surface area contributed by atoms with Crippen molar-refractivity contribution in [2.45, 2.75) is 26.7 Å². The molecule has 150 valence electrons.